The third kappa shape index (κ3) is 4.62. The first-order chi connectivity index (χ1) is 14.9. The van der Waals surface area contributed by atoms with Gasteiger partial charge in [-0.1, -0.05) is 36.8 Å². The SMILES string of the molecule is CO.Cc1ccc(C(C)CC(=O)Nc2nc3ccc(C#N)cc3n2C2(C)CCC2)cc1. The van der Waals surface area contributed by atoms with Crippen LogP contribution in [0.2, 0.25) is 0 Å². The Bertz CT molecular complexity index is 1100. The minimum Gasteiger partial charge on any atom is -0.400 e. The first-order valence-electron chi connectivity index (χ1n) is 10.6. The first-order valence-corrected chi connectivity index (χ1v) is 10.6. The zero-order chi connectivity index (χ0) is 22.6. The van der Waals surface area contributed by atoms with E-state index in [1.54, 1.807) is 6.07 Å². The topological polar surface area (TPSA) is 90.9 Å². The van der Waals surface area contributed by atoms with Crippen molar-refractivity contribution in [2.24, 2.45) is 0 Å². The molecule has 1 aromatic heterocycles. The molecule has 1 saturated carbocycles. The van der Waals surface area contributed by atoms with Gasteiger partial charge in [-0.15, -0.1) is 0 Å². The standard InChI is InChI=1S/C24H26N4O.CH4O/c1-16-5-8-19(9-6-16)17(2)13-22(29)27-23-26-20-10-7-18(15-25)14-21(20)28(23)24(3)11-4-12-24;1-2/h5-10,14,17H,4,11-13H2,1-3H3,(H,26,27,29);2H,1H3. The largest absolute Gasteiger partial charge is 0.400 e. The molecule has 1 aliphatic rings. The Morgan fingerprint density at radius 3 is 2.52 bits per heavy atom. The maximum atomic E-state index is 12.8. The van der Waals surface area contributed by atoms with E-state index in [0.717, 1.165) is 43.0 Å². The number of imidazole rings is 1. The molecule has 162 valence electrons. The summed E-state index contributed by atoms with van der Waals surface area (Å²) in [5.41, 5.74) is 4.61. The summed E-state index contributed by atoms with van der Waals surface area (Å²) in [6.45, 7) is 6.32. The number of hydrogen-bond acceptors (Lipinski definition) is 4. The van der Waals surface area contributed by atoms with Crippen LogP contribution in [-0.2, 0) is 10.3 Å². The van der Waals surface area contributed by atoms with Crippen LogP contribution in [0, 0.1) is 18.3 Å². The molecular formula is C25H30N4O2. The zero-order valence-corrected chi connectivity index (χ0v) is 18.6. The lowest BCUT2D eigenvalue weighted by molar-refractivity contribution is -0.116. The molecule has 1 aliphatic carbocycles. The number of rotatable bonds is 5. The number of carbonyl (C=O) groups is 1. The summed E-state index contributed by atoms with van der Waals surface area (Å²) in [7, 11) is 1.00. The lowest BCUT2D eigenvalue weighted by atomic mass is 9.78. The molecule has 3 aromatic rings. The van der Waals surface area contributed by atoms with Crippen molar-refractivity contribution >= 4 is 22.9 Å². The Kier molecular flexibility index (Phi) is 6.77. The highest BCUT2D eigenvalue weighted by molar-refractivity contribution is 5.92. The maximum Gasteiger partial charge on any atom is 0.227 e. The number of aliphatic hydroxyl groups excluding tert-OH is 1. The van der Waals surface area contributed by atoms with Gasteiger partial charge in [0.25, 0.3) is 0 Å². The summed E-state index contributed by atoms with van der Waals surface area (Å²) in [5, 5.41) is 19.3. The van der Waals surface area contributed by atoms with Crippen LogP contribution in [0.15, 0.2) is 42.5 Å². The average molecular weight is 419 g/mol. The van der Waals surface area contributed by atoms with E-state index in [1.807, 2.05) is 12.1 Å². The smallest absolute Gasteiger partial charge is 0.227 e. The van der Waals surface area contributed by atoms with Gasteiger partial charge >= 0.3 is 0 Å². The number of aromatic nitrogens is 2. The number of aryl methyl sites for hydroxylation is 1. The van der Waals surface area contributed by atoms with E-state index in [-0.39, 0.29) is 17.4 Å². The fourth-order valence-corrected chi connectivity index (χ4v) is 4.15. The normalized spacial score (nSPS) is 15.2. The molecule has 1 heterocycles. The fraction of sp³-hybridized carbons (Fsp3) is 0.400. The molecule has 4 rings (SSSR count). The van der Waals surface area contributed by atoms with Crippen molar-refractivity contribution in [2.75, 3.05) is 12.4 Å². The van der Waals surface area contributed by atoms with Crippen molar-refractivity contribution in [3.8, 4) is 6.07 Å². The minimum absolute atomic E-state index is 0.0435. The molecule has 0 aliphatic heterocycles. The quantitative estimate of drug-likeness (QED) is 0.619. The third-order valence-corrected chi connectivity index (χ3v) is 6.14. The van der Waals surface area contributed by atoms with E-state index >= 15 is 0 Å². The van der Waals surface area contributed by atoms with E-state index in [1.165, 1.54) is 5.56 Å². The molecule has 0 saturated heterocycles. The van der Waals surface area contributed by atoms with Crippen LogP contribution < -0.4 is 5.32 Å². The van der Waals surface area contributed by atoms with Gasteiger partial charge in [-0.3, -0.25) is 10.1 Å². The van der Waals surface area contributed by atoms with Gasteiger partial charge in [0.1, 0.15) is 0 Å². The minimum atomic E-state index is -0.0754. The van der Waals surface area contributed by atoms with E-state index < -0.39 is 0 Å². The van der Waals surface area contributed by atoms with Gasteiger partial charge in [-0.05, 0) is 62.8 Å². The van der Waals surface area contributed by atoms with Gasteiger partial charge in [-0.2, -0.15) is 5.26 Å². The number of nitrogens with zero attached hydrogens (tertiary/aromatic N) is 3. The number of nitriles is 1. The summed E-state index contributed by atoms with van der Waals surface area (Å²) < 4.78 is 2.13. The van der Waals surface area contributed by atoms with Crippen LogP contribution in [-0.4, -0.2) is 27.7 Å². The van der Waals surface area contributed by atoms with Gasteiger partial charge in [0.2, 0.25) is 11.9 Å². The van der Waals surface area contributed by atoms with E-state index in [4.69, 9.17) is 5.11 Å². The molecule has 1 fully saturated rings. The zero-order valence-electron chi connectivity index (χ0n) is 18.6. The van der Waals surface area contributed by atoms with Crippen LogP contribution in [0.1, 0.15) is 62.1 Å². The lowest BCUT2D eigenvalue weighted by Crippen LogP contribution is -2.38. The molecule has 0 radical (unpaired) electrons. The molecule has 1 atom stereocenters. The van der Waals surface area contributed by atoms with Gasteiger partial charge in [0.05, 0.1) is 22.7 Å². The fourth-order valence-electron chi connectivity index (χ4n) is 4.15. The predicted octanol–water partition coefficient (Wildman–Crippen LogP) is 4.86. The second-order valence-corrected chi connectivity index (χ2v) is 8.50. The van der Waals surface area contributed by atoms with E-state index in [0.29, 0.717) is 17.9 Å². The number of hydrogen-bond donors (Lipinski definition) is 2. The number of nitrogens with one attached hydrogen (secondary N) is 1. The molecule has 1 unspecified atom stereocenters. The van der Waals surface area contributed by atoms with Crippen molar-refractivity contribution in [2.45, 2.75) is 57.9 Å². The molecule has 2 N–H and O–H groups in total. The highest BCUT2D eigenvalue weighted by Gasteiger charge is 2.37. The van der Waals surface area contributed by atoms with Crippen LogP contribution >= 0.6 is 0 Å². The van der Waals surface area contributed by atoms with E-state index in [9.17, 15) is 10.1 Å². The van der Waals surface area contributed by atoms with Crippen LogP contribution in [0.5, 0.6) is 0 Å². The lowest BCUT2D eigenvalue weighted by Gasteiger charge is -2.41. The van der Waals surface area contributed by atoms with Crippen LogP contribution in [0.4, 0.5) is 5.95 Å². The Morgan fingerprint density at radius 1 is 1.26 bits per heavy atom. The Labute approximate surface area is 183 Å². The Balaban J connectivity index is 0.00000132. The monoisotopic (exact) mass is 418 g/mol. The Hall–Kier alpha value is -3.17. The second-order valence-electron chi connectivity index (χ2n) is 8.50. The van der Waals surface area contributed by atoms with Gasteiger partial charge in [0.15, 0.2) is 0 Å². The van der Waals surface area contributed by atoms with Crippen molar-refractivity contribution in [3.63, 3.8) is 0 Å². The highest BCUT2D eigenvalue weighted by Crippen LogP contribution is 2.43. The molecule has 2 aromatic carbocycles. The summed E-state index contributed by atoms with van der Waals surface area (Å²) >= 11 is 0. The molecule has 0 spiro atoms. The number of benzene rings is 2. The number of fused-ring (bicyclic) bond motifs is 1. The van der Waals surface area contributed by atoms with Crippen molar-refractivity contribution in [1.82, 2.24) is 9.55 Å². The molecule has 6 nitrogen and oxygen atoms in total. The molecule has 6 heteroatoms. The van der Waals surface area contributed by atoms with Crippen molar-refractivity contribution < 1.29 is 9.90 Å². The van der Waals surface area contributed by atoms with E-state index in [2.05, 4.69) is 66.0 Å². The Morgan fingerprint density at radius 2 is 1.94 bits per heavy atom. The summed E-state index contributed by atoms with van der Waals surface area (Å²) in [4.78, 5) is 17.5. The summed E-state index contributed by atoms with van der Waals surface area (Å²) in [6, 6.07) is 16.0. The summed E-state index contributed by atoms with van der Waals surface area (Å²) in [6.07, 6.45) is 3.63. The number of aliphatic hydroxyl groups is 1. The van der Waals surface area contributed by atoms with Gasteiger partial charge in [-0.25, -0.2) is 4.98 Å². The number of anilines is 1. The number of carbonyl (C=O) groups excluding carboxylic acids is 1. The van der Waals surface area contributed by atoms with Crippen molar-refractivity contribution in [3.05, 3.63) is 59.2 Å². The maximum absolute atomic E-state index is 12.8. The predicted molar refractivity (Wildman–Crippen MR) is 123 cm³/mol. The van der Waals surface area contributed by atoms with Gasteiger partial charge in [0, 0.05) is 19.1 Å². The second kappa shape index (κ2) is 9.32. The molecule has 0 bridgehead atoms. The average Bonchev–Trinajstić information content (AvgIpc) is 3.10. The van der Waals surface area contributed by atoms with Crippen LogP contribution in [0.25, 0.3) is 11.0 Å². The first kappa shape index (κ1) is 22.5. The van der Waals surface area contributed by atoms with Crippen molar-refractivity contribution in [1.29, 1.82) is 5.26 Å². The molecule has 1 amide bonds. The summed E-state index contributed by atoms with van der Waals surface area (Å²) in [5.74, 6) is 0.661. The molecule has 31 heavy (non-hydrogen) atoms. The third-order valence-electron chi connectivity index (χ3n) is 6.14. The van der Waals surface area contributed by atoms with Gasteiger partial charge < -0.3 is 9.67 Å². The van der Waals surface area contributed by atoms with Crippen LogP contribution in [0.3, 0.4) is 0 Å². The highest BCUT2D eigenvalue weighted by atomic mass is 16.2. The number of amides is 1. The molecular weight excluding hydrogens is 388 g/mol.